The van der Waals surface area contributed by atoms with Crippen molar-refractivity contribution in [1.29, 1.82) is 0 Å². The molecular formula is C22H22N2O4. The highest BCUT2D eigenvalue weighted by Crippen LogP contribution is 2.41. The molecule has 0 amide bonds. The summed E-state index contributed by atoms with van der Waals surface area (Å²) in [4.78, 5) is 4.69. The highest BCUT2D eigenvalue weighted by Gasteiger charge is 2.16. The van der Waals surface area contributed by atoms with Gasteiger partial charge in [0.15, 0.2) is 11.5 Å². The van der Waals surface area contributed by atoms with Gasteiger partial charge < -0.3 is 23.5 Å². The molecule has 0 atom stereocenters. The first-order valence-corrected chi connectivity index (χ1v) is 8.83. The van der Waals surface area contributed by atoms with E-state index in [1.54, 1.807) is 28.4 Å². The molecule has 0 aliphatic carbocycles. The number of benzene rings is 2. The molecule has 0 radical (unpaired) electrons. The van der Waals surface area contributed by atoms with Crippen LogP contribution in [0.4, 0.5) is 0 Å². The van der Waals surface area contributed by atoms with Crippen molar-refractivity contribution in [2.24, 2.45) is 7.05 Å². The Kier molecular flexibility index (Phi) is 4.47. The van der Waals surface area contributed by atoms with Crippen molar-refractivity contribution in [2.75, 3.05) is 28.4 Å². The van der Waals surface area contributed by atoms with Crippen molar-refractivity contribution >= 4 is 21.8 Å². The van der Waals surface area contributed by atoms with Crippen molar-refractivity contribution in [1.82, 2.24) is 9.55 Å². The minimum atomic E-state index is 0.562. The lowest BCUT2D eigenvalue weighted by Crippen LogP contribution is -1.96. The van der Waals surface area contributed by atoms with E-state index in [0.717, 1.165) is 38.8 Å². The molecule has 2 aromatic carbocycles. The summed E-state index contributed by atoms with van der Waals surface area (Å²) < 4.78 is 23.9. The number of aromatic nitrogens is 2. The van der Waals surface area contributed by atoms with E-state index in [1.807, 2.05) is 37.5 Å². The number of fused-ring (bicyclic) bond motifs is 3. The number of methoxy groups -OCH3 is 4. The largest absolute Gasteiger partial charge is 0.497 e. The molecule has 2 heterocycles. The monoisotopic (exact) mass is 378 g/mol. The standard InChI is InChI=1S/C22H22N2O4/c1-24-18-10-14(25-2)6-7-15(18)16-12-23-17(11-19(16)24)13-8-20(26-3)22(28-5)21(9-13)27-4/h6-12H,1-5H3. The second-order valence-corrected chi connectivity index (χ2v) is 6.44. The summed E-state index contributed by atoms with van der Waals surface area (Å²) in [7, 11) is 8.52. The van der Waals surface area contributed by atoms with Crippen LogP contribution in [0, 0.1) is 0 Å². The highest BCUT2D eigenvalue weighted by atomic mass is 16.5. The summed E-state index contributed by atoms with van der Waals surface area (Å²) in [5, 5.41) is 2.23. The molecule has 0 aliphatic heterocycles. The molecule has 0 unspecified atom stereocenters. The summed E-state index contributed by atoms with van der Waals surface area (Å²) >= 11 is 0. The Bertz CT molecular complexity index is 1160. The van der Waals surface area contributed by atoms with E-state index in [9.17, 15) is 0 Å². The predicted molar refractivity (Wildman–Crippen MR) is 110 cm³/mol. The molecule has 28 heavy (non-hydrogen) atoms. The van der Waals surface area contributed by atoms with E-state index in [2.05, 4.69) is 16.7 Å². The third-order valence-electron chi connectivity index (χ3n) is 5.06. The van der Waals surface area contributed by atoms with E-state index in [-0.39, 0.29) is 0 Å². The van der Waals surface area contributed by atoms with Gasteiger partial charge in [-0.15, -0.1) is 0 Å². The summed E-state index contributed by atoms with van der Waals surface area (Å²) in [5.41, 5.74) is 3.89. The molecule has 4 rings (SSSR count). The van der Waals surface area contributed by atoms with E-state index < -0.39 is 0 Å². The van der Waals surface area contributed by atoms with Crippen LogP contribution in [0.25, 0.3) is 33.1 Å². The van der Waals surface area contributed by atoms with Crippen LogP contribution in [-0.2, 0) is 7.05 Å². The van der Waals surface area contributed by atoms with E-state index in [4.69, 9.17) is 23.9 Å². The Hall–Kier alpha value is -3.41. The molecule has 6 heteroatoms. The summed E-state index contributed by atoms with van der Waals surface area (Å²) in [6.07, 6.45) is 1.91. The quantitative estimate of drug-likeness (QED) is 0.514. The van der Waals surface area contributed by atoms with Crippen LogP contribution in [-0.4, -0.2) is 38.0 Å². The minimum absolute atomic E-state index is 0.562. The number of ether oxygens (including phenoxy) is 4. The van der Waals surface area contributed by atoms with Crippen molar-refractivity contribution in [3.8, 4) is 34.3 Å². The molecule has 0 spiro atoms. The molecule has 144 valence electrons. The first-order chi connectivity index (χ1) is 13.6. The molecule has 0 aliphatic rings. The summed E-state index contributed by atoms with van der Waals surface area (Å²) in [6, 6.07) is 11.9. The normalized spacial score (nSPS) is 11.0. The SMILES string of the molecule is COc1ccc2c3cnc(-c4cc(OC)c(OC)c(OC)c4)cc3n(C)c2c1. The predicted octanol–water partition coefficient (Wildman–Crippen LogP) is 4.43. The molecule has 0 saturated heterocycles. The van der Waals surface area contributed by atoms with Crippen LogP contribution < -0.4 is 18.9 Å². The van der Waals surface area contributed by atoms with Gasteiger partial charge in [-0.05, 0) is 30.3 Å². The van der Waals surface area contributed by atoms with Gasteiger partial charge in [-0.25, -0.2) is 0 Å². The average Bonchev–Trinajstić information content (AvgIpc) is 3.03. The maximum absolute atomic E-state index is 5.47. The molecule has 0 bridgehead atoms. The Balaban J connectivity index is 1.93. The topological polar surface area (TPSA) is 54.7 Å². The molecule has 0 N–H and O–H groups in total. The van der Waals surface area contributed by atoms with Crippen LogP contribution in [0.1, 0.15) is 0 Å². The fourth-order valence-corrected chi connectivity index (χ4v) is 3.59. The van der Waals surface area contributed by atoms with Crippen LogP contribution in [0.5, 0.6) is 23.0 Å². The lowest BCUT2D eigenvalue weighted by Gasteiger charge is -2.14. The number of pyridine rings is 1. The van der Waals surface area contributed by atoms with Gasteiger partial charge in [0.05, 0.1) is 45.2 Å². The van der Waals surface area contributed by atoms with Gasteiger partial charge in [0.2, 0.25) is 5.75 Å². The Morgan fingerprint density at radius 2 is 1.43 bits per heavy atom. The fraction of sp³-hybridized carbons (Fsp3) is 0.227. The summed E-state index contributed by atoms with van der Waals surface area (Å²) in [6.45, 7) is 0. The van der Waals surface area contributed by atoms with E-state index >= 15 is 0 Å². The lowest BCUT2D eigenvalue weighted by molar-refractivity contribution is 0.324. The second-order valence-electron chi connectivity index (χ2n) is 6.44. The van der Waals surface area contributed by atoms with Gasteiger partial charge in [0.1, 0.15) is 5.75 Å². The highest BCUT2D eigenvalue weighted by molar-refractivity contribution is 6.08. The Morgan fingerprint density at radius 3 is 2.04 bits per heavy atom. The maximum Gasteiger partial charge on any atom is 0.203 e. The number of aryl methyl sites for hydroxylation is 1. The van der Waals surface area contributed by atoms with Crippen molar-refractivity contribution in [3.05, 3.63) is 42.6 Å². The number of hydrogen-bond acceptors (Lipinski definition) is 5. The fourth-order valence-electron chi connectivity index (χ4n) is 3.59. The minimum Gasteiger partial charge on any atom is -0.497 e. The molecule has 0 saturated carbocycles. The zero-order valence-corrected chi connectivity index (χ0v) is 16.6. The molecule has 2 aromatic heterocycles. The van der Waals surface area contributed by atoms with Gasteiger partial charge in [0, 0.05) is 35.6 Å². The Labute approximate surface area is 163 Å². The average molecular weight is 378 g/mol. The van der Waals surface area contributed by atoms with E-state index in [1.165, 1.54) is 0 Å². The van der Waals surface area contributed by atoms with Gasteiger partial charge in [-0.1, -0.05) is 0 Å². The van der Waals surface area contributed by atoms with Crippen LogP contribution in [0.3, 0.4) is 0 Å². The van der Waals surface area contributed by atoms with Gasteiger partial charge in [0.25, 0.3) is 0 Å². The van der Waals surface area contributed by atoms with Gasteiger partial charge >= 0.3 is 0 Å². The van der Waals surface area contributed by atoms with Crippen molar-refractivity contribution in [3.63, 3.8) is 0 Å². The van der Waals surface area contributed by atoms with Gasteiger partial charge in [-0.3, -0.25) is 4.98 Å². The zero-order chi connectivity index (χ0) is 19.8. The Morgan fingerprint density at radius 1 is 0.750 bits per heavy atom. The van der Waals surface area contributed by atoms with Crippen LogP contribution >= 0.6 is 0 Å². The first-order valence-electron chi connectivity index (χ1n) is 8.83. The first kappa shape index (κ1) is 18.0. The zero-order valence-electron chi connectivity index (χ0n) is 16.6. The number of rotatable bonds is 5. The van der Waals surface area contributed by atoms with Crippen molar-refractivity contribution < 1.29 is 18.9 Å². The lowest BCUT2D eigenvalue weighted by atomic mass is 10.1. The van der Waals surface area contributed by atoms with Gasteiger partial charge in [-0.2, -0.15) is 0 Å². The smallest absolute Gasteiger partial charge is 0.203 e. The van der Waals surface area contributed by atoms with Crippen molar-refractivity contribution in [2.45, 2.75) is 0 Å². The third kappa shape index (κ3) is 2.69. The molecule has 6 nitrogen and oxygen atoms in total. The van der Waals surface area contributed by atoms with Crippen LogP contribution in [0.15, 0.2) is 42.6 Å². The van der Waals surface area contributed by atoms with Crippen LogP contribution in [0.2, 0.25) is 0 Å². The summed E-state index contributed by atoms with van der Waals surface area (Å²) in [5.74, 6) is 2.59. The molecular weight excluding hydrogens is 356 g/mol. The third-order valence-corrected chi connectivity index (χ3v) is 5.06. The number of nitrogens with zero attached hydrogens (tertiary/aromatic N) is 2. The number of hydrogen-bond donors (Lipinski definition) is 0. The maximum atomic E-state index is 5.47. The van der Waals surface area contributed by atoms with E-state index in [0.29, 0.717) is 17.2 Å². The molecule has 4 aromatic rings. The molecule has 0 fully saturated rings. The second kappa shape index (κ2) is 6.96.